The van der Waals surface area contributed by atoms with Crippen LogP contribution < -0.4 is 0 Å². The Labute approximate surface area is 112 Å². The van der Waals surface area contributed by atoms with Gasteiger partial charge in [0.1, 0.15) is 0 Å². The predicted molar refractivity (Wildman–Crippen MR) is 76.6 cm³/mol. The summed E-state index contributed by atoms with van der Waals surface area (Å²) in [6.45, 7) is 7.87. The molecule has 0 saturated carbocycles. The molecule has 0 aromatic carbocycles. The molecule has 0 aliphatic rings. The summed E-state index contributed by atoms with van der Waals surface area (Å²) in [5.41, 5.74) is 1.30. The van der Waals surface area contributed by atoms with Gasteiger partial charge in [-0.1, -0.05) is 58.1 Å². The monoisotopic (exact) mass is 251 g/mol. The minimum Gasteiger partial charge on any atom is -0.249 e. The van der Waals surface area contributed by atoms with Gasteiger partial charge >= 0.3 is 0 Å². The van der Waals surface area contributed by atoms with E-state index in [-0.39, 0.29) is 0 Å². The van der Waals surface area contributed by atoms with E-state index in [0.717, 1.165) is 18.9 Å². The highest BCUT2D eigenvalue weighted by atomic mass is 15.4. The lowest BCUT2D eigenvalue weighted by atomic mass is 10.0. The summed E-state index contributed by atoms with van der Waals surface area (Å²) in [7, 11) is 0. The van der Waals surface area contributed by atoms with Crippen molar-refractivity contribution in [3.63, 3.8) is 0 Å². The average Bonchev–Trinajstić information content (AvgIpc) is 2.78. The standard InChI is InChI=1S/C15H29N3/c1-4-5-11-15-13-16-17-18(15)12-9-7-6-8-10-14(2)3/h13-14H,4-12H2,1-3H3. The quantitative estimate of drug-likeness (QED) is 0.583. The molecule has 18 heavy (non-hydrogen) atoms. The highest BCUT2D eigenvalue weighted by Gasteiger charge is 2.02. The Kier molecular flexibility index (Phi) is 7.70. The summed E-state index contributed by atoms with van der Waals surface area (Å²) < 4.78 is 2.10. The zero-order valence-electron chi connectivity index (χ0n) is 12.4. The summed E-state index contributed by atoms with van der Waals surface area (Å²) >= 11 is 0. The molecule has 3 heteroatoms. The summed E-state index contributed by atoms with van der Waals surface area (Å²) in [6.07, 6.45) is 12.2. The third-order valence-corrected chi connectivity index (χ3v) is 3.39. The minimum absolute atomic E-state index is 0.848. The van der Waals surface area contributed by atoms with Crippen molar-refractivity contribution in [2.75, 3.05) is 0 Å². The third kappa shape index (κ3) is 6.18. The molecule has 104 valence electrons. The van der Waals surface area contributed by atoms with Gasteiger partial charge in [0.15, 0.2) is 0 Å². The van der Waals surface area contributed by atoms with Crippen molar-refractivity contribution in [3.8, 4) is 0 Å². The molecule has 1 heterocycles. The van der Waals surface area contributed by atoms with E-state index in [1.54, 1.807) is 0 Å². The number of unbranched alkanes of at least 4 members (excludes halogenated alkanes) is 4. The van der Waals surface area contributed by atoms with Gasteiger partial charge in [0.2, 0.25) is 0 Å². The first-order chi connectivity index (χ1) is 8.74. The van der Waals surface area contributed by atoms with E-state index in [1.807, 2.05) is 6.20 Å². The molecule has 0 bridgehead atoms. The van der Waals surface area contributed by atoms with Crippen LogP contribution in [-0.4, -0.2) is 15.0 Å². The van der Waals surface area contributed by atoms with Crippen LogP contribution in [0.25, 0.3) is 0 Å². The first-order valence-electron chi connectivity index (χ1n) is 7.61. The van der Waals surface area contributed by atoms with Crippen LogP contribution >= 0.6 is 0 Å². The van der Waals surface area contributed by atoms with Crippen molar-refractivity contribution in [1.82, 2.24) is 15.0 Å². The number of aryl methyl sites for hydroxylation is 2. The van der Waals surface area contributed by atoms with Crippen LogP contribution in [-0.2, 0) is 13.0 Å². The summed E-state index contributed by atoms with van der Waals surface area (Å²) in [4.78, 5) is 0. The zero-order valence-corrected chi connectivity index (χ0v) is 12.4. The maximum absolute atomic E-state index is 4.18. The van der Waals surface area contributed by atoms with Gasteiger partial charge in [-0.3, -0.25) is 0 Å². The fourth-order valence-corrected chi connectivity index (χ4v) is 2.19. The molecule has 0 aliphatic heterocycles. The van der Waals surface area contributed by atoms with E-state index in [0.29, 0.717) is 0 Å². The Hall–Kier alpha value is -0.860. The van der Waals surface area contributed by atoms with Gasteiger partial charge in [0, 0.05) is 6.54 Å². The molecule has 0 radical (unpaired) electrons. The van der Waals surface area contributed by atoms with Crippen LogP contribution in [0.1, 0.15) is 71.4 Å². The van der Waals surface area contributed by atoms with E-state index in [9.17, 15) is 0 Å². The van der Waals surface area contributed by atoms with Crippen molar-refractivity contribution >= 4 is 0 Å². The maximum Gasteiger partial charge on any atom is 0.0725 e. The van der Waals surface area contributed by atoms with Crippen molar-refractivity contribution in [2.45, 2.75) is 78.7 Å². The van der Waals surface area contributed by atoms with Gasteiger partial charge in [0.05, 0.1) is 11.9 Å². The molecule has 0 fully saturated rings. The third-order valence-electron chi connectivity index (χ3n) is 3.39. The van der Waals surface area contributed by atoms with Crippen LogP contribution in [0.4, 0.5) is 0 Å². The lowest BCUT2D eigenvalue weighted by molar-refractivity contribution is 0.480. The molecule has 0 saturated heterocycles. The van der Waals surface area contributed by atoms with Crippen LogP contribution in [0.15, 0.2) is 6.20 Å². The molecule has 0 unspecified atom stereocenters. The molecule has 3 nitrogen and oxygen atoms in total. The molecule has 0 spiro atoms. The summed E-state index contributed by atoms with van der Waals surface area (Å²) in [5, 5.41) is 8.21. The first-order valence-corrected chi connectivity index (χ1v) is 7.61. The number of hydrogen-bond acceptors (Lipinski definition) is 2. The van der Waals surface area contributed by atoms with Crippen molar-refractivity contribution in [1.29, 1.82) is 0 Å². The van der Waals surface area contributed by atoms with Crippen molar-refractivity contribution in [3.05, 3.63) is 11.9 Å². The van der Waals surface area contributed by atoms with E-state index in [1.165, 1.54) is 50.6 Å². The Balaban J connectivity index is 2.13. The highest BCUT2D eigenvalue weighted by Crippen LogP contribution is 2.11. The fraction of sp³-hybridized carbons (Fsp3) is 0.867. The first kappa shape index (κ1) is 15.2. The van der Waals surface area contributed by atoms with Gasteiger partial charge in [-0.05, 0) is 25.2 Å². The Morgan fingerprint density at radius 2 is 1.89 bits per heavy atom. The molecule has 0 atom stereocenters. The predicted octanol–water partition coefficient (Wildman–Crippen LogP) is 4.23. The van der Waals surface area contributed by atoms with Crippen molar-refractivity contribution < 1.29 is 0 Å². The number of rotatable bonds is 10. The fourth-order valence-electron chi connectivity index (χ4n) is 2.19. The Bertz CT molecular complexity index is 304. The molecule has 0 aliphatic carbocycles. The Morgan fingerprint density at radius 3 is 2.61 bits per heavy atom. The maximum atomic E-state index is 4.18. The van der Waals surface area contributed by atoms with Crippen LogP contribution in [0, 0.1) is 5.92 Å². The lowest BCUT2D eigenvalue weighted by Crippen LogP contribution is -2.05. The topological polar surface area (TPSA) is 30.7 Å². The Morgan fingerprint density at radius 1 is 1.11 bits per heavy atom. The number of nitrogens with zero attached hydrogens (tertiary/aromatic N) is 3. The van der Waals surface area contributed by atoms with Crippen molar-refractivity contribution in [2.24, 2.45) is 5.92 Å². The van der Waals surface area contributed by atoms with E-state index >= 15 is 0 Å². The molecular formula is C15H29N3. The largest absolute Gasteiger partial charge is 0.249 e. The second-order valence-corrected chi connectivity index (χ2v) is 5.65. The average molecular weight is 251 g/mol. The second kappa shape index (κ2) is 9.12. The molecule has 0 amide bonds. The molecular weight excluding hydrogens is 222 g/mol. The normalized spacial score (nSPS) is 11.3. The van der Waals surface area contributed by atoms with Gasteiger partial charge in [-0.2, -0.15) is 0 Å². The van der Waals surface area contributed by atoms with E-state index in [4.69, 9.17) is 0 Å². The van der Waals surface area contributed by atoms with E-state index < -0.39 is 0 Å². The van der Waals surface area contributed by atoms with Gasteiger partial charge in [-0.25, -0.2) is 4.68 Å². The van der Waals surface area contributed by atoms with Crippen LogP contribution in [0.3, 0.4) is 0 Å². The summed E-state index contributed by atoms with van der Waals surface area (Å²) in [6, 6.07) is 0. The van der Waals surface area contributed by atoms with E-state index in [2.05, 4.69) is 35.8 Å². The highest BCUT2D eigenvalue weighted by molar-refractivity contribution is 4.93. The van der Waals surface area contributed by atoms with Gasteiger partial charge < -0.3 is 0 Å². The van der Waals surface area contributed by atoms with Gasteiger partial charge in [0.25, 0.3) is 0 Å². The molecule has 0 N–H and O–H groups in total. The smallest absolute Gasteiger partial charge is 0.0725 e. The SMILES string of the molecule is CCCCc1cnnn1CCCCCCC(C)C. The lowest BCUT2D eigenvalue weighted by Gasteiger charge is -2.06. The number of aromatic nitrogens is 3. The second-order valence-electron chi connectivity index (χ2n) is 5.65. The molecule has 1 rings (SSSR count). The number of hydrogen-bond donors (Lipinski definition) is 0. The van der Waals surface area contributed by atoms with Gasteiger partial charge in [-0.15, -0.1) is 5.10 Å². The summed E-state index contributed by atoms with van der Waals surface area (Å²) in [5.74, 6) is 0.848. The van der Waals surface area contributed by atoms with Crippen LogP contribution in [0.5, 0.6) is 0 Å². The molecule has 1 aromatic rings. The van der Waals surface area contributed by atoms with Crippen LogP contribution in [0.2, 0.25) is 0 Å². The zero-order chi connectivity index (χ0) is 13.2. The minimum atomic E-state index is 0.848. The molecule has 1 aromatic heterocycles.